The van der Waals surface area contributed by atoms with E-state index >= 15 is 0 Å². The maximum atomic E-state index is 10.9. The van der Waals surface area contributed by atoms with Crippen molar-refractivity contribution in [2.24, 2.45) is 5.92 Å². The molecule has 2 saturated heterocycles. The molecule has 0 saturated carbocycles. The van der Waals surface area contributed by atoms with Crippen LogP contribution in [0.25, 0.3) is 0 Å². The number of aryl methyl sites for hydroxylation is 2. The molecular formula is C18H25NO2. The van der Waals surface area contributed by atoms with Crippen molar-refractivity contribution in [2.45, 2.75) is 64.6 Å². The molecular weight excluding hydrogens is 262 g/mol. The predicted molar refractivity (Wildman–Crippen MR) is 83.2 cm³/mol. The molecule has 2 aliphatic heterocycles. The van der Waals surface area contributed by atoms with Gasteiger partial charge in [-0.2, -0.15) is 0 Å². The summed E-state index contributed by atoms with van der Waals surface area (Å²) < 4.78 is 0. The van der Waals surface area contributed by atoms with Crippen LogP contribution in [0, 0.1) is 19.8 Å². The predicted octanol–water partition coefficient (Wildman–Crippen LogP) is 3.52. The van der Waals surface area contributed by atoms with Crippen molar-refractivity contribution >= 4 is 5.97 Å². The lowest BCUT2D eigenvalue weighted by molar-refractivity contribution is -0.138. The van der Waals surface area contributed by atoms with Crippen molar-refractivity contribution in [1.82, 2.24) is 4.90 Å². The fourth-order valence-corrected chi connectivity index (χ4v) is 4.34. The zero-order valence-electron chi connectivity index (χ0n) is 13.0. The number of fused-ring (bicyclic) bond motifs is 2. The van der Waals surface area contributed by atoms with Gasteiger partial charge in [-0.3, -0.25) is 9.69 Å². The first-order valence-electron chi connectivity index (χ1n) is 8.07. The summed E-state index contributed by atoms with van der Waals surface area (Å²) in [5, 5.41) is 9.02. The van der Waals surface area contributed by atoms with E-state index in [1.165, 1.54) is 29.5 Å². The second-order valence-electron chi connectivity index (χ2n) is 6.86. The molecule has 2 atom stereocenters. The van der Waals surface area contributed by atoms with E-state index in [2.05, 4.69) is 36.9 Å². The average molecular weight is 287 g/mol. The molecule has 0 spiro atoms. The molecule has 114 valence electrons. The van der Waals surface area contributed by atoms with Gasteiger partial charge in [-0.25, -0.2) is 0 Å². The summed E-state index contributed by atoms with van der Waals surface area (Å²) in [5.74, 6) is -0.253. The van der Waals surface area contributed by atoms with Gasteiger partial charge < -0.3 is 5.11 Å². The van der Waals surface area contributed by atoms with Crippen LogP contribution in [0.5, 0.6) is 0 Å². The number of hydrogen-bond acceptors (Lipinski definition) is 2. The summed E-state index contributed by atoms with van der Waals surface area (Å²) in [7, 11) is 0. The Bertz CT molecular complexity index is 506. The van der Waals surface area contributed by atoms with Gasteiger partial charge in [0.1, 0.15) is 0 Å². The number of rotatable bonds is 4. The maximum Gasteiger partial charge on any atom is 0.303 e. The van der Waals surface area contributed by atoms with E-state index in [4.69, 9.17) is 5.11 Å². The lowest BCUT2D eigenvalue weighted by Crippen LogP contribution is -2.42. The molecule has 2 heterocycles. The number of piperidine rings is 1. The number of carbonyl (C=O) groups is 1. The Kier molecular flexibility index (Phi) is 4.03. The Hall–Kier alpha value is -1.35. The molecule has 0 radical (unpaired) electrons. The van der Waals surface area contributed by atoms with Gasteiger partial charge in [0.05, 0.1) is 0 Å². The van der Waals surface area contributed by atoms with Crippen LogP contribution in [0.2, 0.25) is 0 Å². The topological polar surface area (TPSA) is 40.5 Å². The van der Waals surface area contributed by atoms with Crippen molar-refractivity contribution in [3.63, 3.8) is 0 Å². The Morgan fingerprint density at radius 2 is 1.76 bits per heavy atom. The van der Waals surface area contributed by atoms with E-state index in [1.54, 1.807) is 0 Å². The monoisotopic (exact) mass is 287 g/mol. The van der Waals surface area contributed by atoms with E-state index in [-0.39, 0.29) is 0 Å². The minimum absolute atomic E-state index is 0.351. The van der Waals surface area contributed by atoms with Crippen LogP contribution >= 0.6 is 0 Å². The van der Waals surface area contributed by atoms with Gasteiger partial charge in [0.2, 0.25) is 0 Å². The lowest BCUT2D eigenvalue weighted by Gasteiger charge is -2.39. The Balaban J connectivity index is 1.72. The minimum Gasteiger partial charge on any atom is -0.481 e. The Labute approximate surface area is 127 Å². The van der Waals surface area contributed by atoms with E-state index in [0.717, 1.165) is 19.4 Å². The molecule has 2 unspecified atom stereocenters. The summed E-state index contributed by atoms with van der Waals surface area (Å²) in [6, 6.07) is 7.70. The van der Waals surface area contributed by atoms with Gasteiger partial charge in [-0.15, -0.1) is 0 Å². The first kappa shape index (κ1) is 14.6. The highest BCUT2D eigenvalue weighted by atomic mass is 16.4. The van der Waals surface area contributed by atoms with Crippen LogP contribution in [-0.4, -0.2) is 28.1 Å². The summed E-state index contributed by atoms with van der Waals surface area (Å²) in [5.41, 5.74) is 4.22. The number of carboxylic acid groups (broad SMARTS) is 1. The molecule has 3 heteroatoms. The highest BCUT2D eigenvalue weighted by Crippen LogP contribution is 2.41. The number of nitrogens with zero attached hydrogens (tertiary/aromatic N) is 1. The van der Waals surface area contributed by atoms with Crippen LogP contribution in [0.3, 0.4) is 0 Å². The van der Waals surface area contributed by atoms with Crippen LogP contribution in [0.4, 0.5) is 0 Å². The molecule has 0 aliphatic carbocycles. The van der Waals surface area contributed by atoms with Gasteiger partial charge >= 0.3 is 5.97 Å². The molecule has 21 heavy (non-hydrogen) atoms. The summed E-state index contributed by atoms with van der Waals surface area (Å²) >= 11 is 0. The molecule has 1 N–H and O–H groups in total. The molecule has 3 rings (SSSR count). The third-order valence-corrected chi connectivity index (χ3v) is 5.43. The number of carboxylic acids is 1. The summed E-state index contributed by atoms with van der Waals surface area (Å²) in [6.07, 6.45) is 4.96. The second-order valence-corrected chi connectivity index (χ2v) is 6.86. The number of hydrogen-bond donors (Lipinski definition) is 1. The van der Waals surface area contributed by atoms with E-state index in [0.29, 0.717) is 24.4 Å². The summed E-state index contributed by atoms with van der Waals surface area (Å²) in [4.78, 5) is 13.6. The van der Waals surface area contributed by atoms with Crippen LogP contribution in [-0.2, 0) is 11.3 Å². The molecule has 1 aromatic carbocycles. The van der Waals surface area contributed by atoms with Crippen molar-refractivity contribution in [3.8, 4) is 0 Å². The SMILES string of the molecule is Cc1cccc(C)c1CN1C2CCC1CC(CC(=O)O)C2. The standard InChI is InChI=1S/C18H25NO2/c1-12-4-3-5-13(2)17(12)11-19-15-6-7-16(19)9-14(8-15)10-18(20)21/h3-5,14-16H,6-11H2,1-2H3,(H,20,21). The largest absolute Gasteiger partial charge is 0.481 e. The quantitative estimate of drug-likeness (QED) is 0.921. The minimum atomic E-state index is -0.636. The second kappa shape index (κ2) is 5.80. The van der Waals surface area contributed by atoms with Crippen LogP contribution < -0.4 is 0 Å². The van der Waals surface area contributed by atoms with E-state index in [9.17, 15) is 4.79 Å². The summed E-state index contributed by atoms with van der Waals surface area (Å²) in [6.45, 7) is 5.43. The maximum absolute atomic E-state index is 10.9. The highest BCUT2D eigenvalue weighted by molar-refractivity contribution is 5.67. The number of benzene rings is 1. The van der Waals surface area contributed by atoms with Gasteiger partial charge in [0, 0.05) is 25.0 Å². The van der Waals surface area contributed by atoms with Gasteiger partial charge in [-0.1, -0.05) is 18.2 Å². The molecule has 0 aromatic heterocycles. The normalized spacial score (nSPS) is 28.8. The molecule has 2 fully saturated rings. The average Bonchev–Trinajstić information content (AvgIpc) is 2.64. The van der Waals surface area contributed by atoms with Crippen LogP contribution in [0.1, 0.15) is 48.8 Å². The third-order valence-electron chi connectivity index (χ3n) is 5.43. The molecule has 2 bridgehead atoms. The zero-order chi connectivity index (χ0) is 15.0. The highest BCUT2D eigenvalue weighted by Gasteiger charge is 2.41. The van der Waals surface area contributed by atoms with Gasteiger partial charge in [0.25, 0.3) is 0 Å². The van der Waals surface area contributed by atoms with E-state index < -0.39 is 5.97 Å². The first-order valence-corrected chi connectivity index (χ1v) is 8.07. The van der Waals surface area contributed by atoms with Crippen molar-refractivity contribution in [2.75, 3.05) is 0 Å². The zero-order valence-corrected chi connectivity index (χ0v) is 13.0. The van der Waals surface area contributed by atoms with E-state index in [1.807, 2.05) is 0 Å². The smallest absolute Gasteiger partial charge is 0.303 e. The Morgan fingerprint density at radius 1 is 1.19 bits per heavy atom. The van der Waals surface area contributed by atoms with Crippen LogP contribution in [0.15, 0.2) is 18.2 Å². The molecule has 0 amide bonds. The third kappa shape index (κ3) is 2.98. The van der Waals surface area contributed by atoms with Crippen molar-refractivity contribution in [3.05, 3.63) is 34.9 Å². The fraction of sp³-hybridized carbons (Fsp3) is 0.611. The lowest BCUT2D eigenvalue weighted by atomic mass is 9.87. The molecule has 2 aliphatic rings. The Morgan fingerprint density at radius 3 is 2.29 bits per heavy atom. The fourth-order valence-electron chi connectivity index (χ4n) is 4.34. The van der Waals surface area contributed by atoms with Gasteiger partial charge in [0.15, 0.2) is 0 Å². The van der Waals surface area contributed by atoms with Crippen molar-refractivity contribution < 1.29 is 9.90 Å². The van der Waals surface area contributed by atoms with Gasteiger partial charge in [-0.05, 0) is 62.1 Å². The molecule has 3 nitrogen and oxygen atoms in total. The first-order chi connectivity index (χ1) is 10.0. The van der Waals surface area contributed by atoms with Crippen molar-refractivity contribution in [1.29, 1.82) is 0 Å². The molecule has 1 aromatic rings. The number of aliphatic carboxylic acids is 1.